The number of H-pyrrole nitrogens is 1. The fourth-order valence-corrected chi connectivity index (χ4v) is 1.50. The number of aromatic nitrogens is 2. The number of aromatic amines is 1. The molecule has 1 aromatic rings. The summed E-state index contributed by atoms with van der Waals surface area (Å²) in [5.74, 6) is -1.71. The topological polar surface area (TPSA) is 109 Å². The van der Waals surface area contributed by atoms with E-state index in [2.05, 4.69) is 10.2 Å². The first-order valence-corrected chi connectivity index (χ1v) is 4.01. The highest BCUT2D eigenvalue weighted by Gasteiger charge is 2.48. The number of rotatable bonds is 3. The summed E-state index contributed by atoms with van der Waals surface area (Å²) in [6, 6.07) is 0. The van der Waals surface area contributed by atoms with Crippen molar-refractivity contribution in [2.45, 2.75) is 12.3 Å². The molecule has 1 heterocycles. The van der Waals surface area contributed by atoms with E-state index in [9.17, 15) is 14.9 Å². The molecule has 0 bridgehead atoms. The van der Waals surface area contributed by atoms with Gasteiger partial charge in [0.2, 0.25) is 0 Å². The smallest absolute Gasteiger partial charge is 0.310 e. The van der Waals surface area contributed by atoms with Gasteiger partial charge in [-0.25, -0.2) is 0 Å². The standard InChI is InChI=1S/C7H7N3O4/c11-7(12)4-1-3(4)6-5(10(13)14)2-8-9-6/h2-4H,1H2,(H,8,9)(H,11,12). The molecule has 0 radical (unpaired) electrons. The maximum Gasteiger partial charge on any atom is 0.310 e. The fraction of sp³-hybridized carbons (Fsp3) is 0.429. The van der Waals surface area contributed by atoms with Crippen LogP contribution in [-0.4, -0.2) is 26.2 Å². The van der Waals surface area contributed by atoms with Crippen LogP contribution >= 0.6 is 0 Å². The van der Waals surface area contributed by atoms with Crippen molar-refractivity contribution >= 4 is 11.7 Å². The Morgan fingerprint density at radius 3 is 3.00 bits per heavy atom. The van der Waals surface area contributed by atoms with Crippen LogP contribution in [0.3, 0.4) is 0 Å². The Balaban J connectivity index is 2.23. The van der Waals surface area contributed by atoms with Gasteiger partial charge in [0.25, 0.3) is 0 Å². The Kier molecular flexibility index (Phi) is 1.73. The van der Waals surface area contributed by atoms with Crippen LogP contribution in [0.5, 0.6) is 0 Å². The maximum atomic E-state index is 10.5. The monoisotopic (exact) mass is 197 g/mol. The van der Waals surface area contributed by atoms with Crippen LogP contribution in [0.1, 0.15) is 18.0 Å². The summed E-state index contributed by atoms with van der Waals surface area (Å²) in [7, 11) is 0. The summed E-state index contributed by atoms with van der Waals surface area (Å²) in [6.07, 6.45) is 1.55. The summed E-state index contributed by atoms with van der Waals surface area (Å²) >= 11 is 0. The molecular formula is C7H7N3O4. The molecule has 1 saturated carbocycles. The van der Waals surface area contributed by atoms with E-state index in [-0.39, 0.29) is 11.6 Å². The predicted molar refractivity (Wildman–Crippen MR) is 43.7 cm³/mol. The van der Waals surface area contributed by atoms with E-state index in [0.29, 0.717) is 12.1 Å². The Hall–Kier alpha value is -1.92. The predicted octanol–water partition coefficient (Wildman–Crippen LogP) is 0.506. The van der Waals surface area contributed by atoms with E-state index >= 15 is 0 Å². The molecule has 2 N–H and O–H groups in total. The van der Waals surface area contributed by atoms with E-state index in [1.54, 1.807) is 0 Å². The van der Waals surface area contributed by atoms with Crippen LogP contribution in [-0.2, 0) is 4.79 Å². The number of aliphatic carboxylic acids is 1. The molecule has 7 nitrogen and oxygen atoms in total. The van der Waals surface area contributed by atoms with Crippen LogP contribution in [0.4, 0.5) is 5.69 Å². The second kappa shape index (κ2) is 2.79. The van der Waals surface area contributed by atoms with Gasteiger partial charge >= 0.3 is 11.7 Å². The van der Waals surface area contributed by atoms with Gasteiger partial charge in [-0.1, -0.05) is 0 Å². The number of hydrogen-bond donors (Lipinski definition) is 2. The zero-order valence-corrected chi connectivity index (χ0v) is 7.01. The van der Waals surface area contributed by atoms with Gasteiger partial charge in [0.1, 0.15) is 11.9 Å². The summed E-state index contributed by atoms with van der Waals surface area (Å²) in [5, 5.41) is 25.2. The van der Waals surface area contributed by atoms with E-state index < -0.39 is 16.8 Å². The minimum atomic E-state index is -0.918. The first-order valence-electron chi connectivity index (χ1n) is 4.01. The number of nitrogens with zero attached hydrogens (tertiary/aromatic N) is 2. The van der Waals surface area contributed by atoms with E-state index in [1.807, 2.05) is 0 Å². The molecule has 1 aliphatic rings. The zero-order valence-electron chi connectivity index (χ0n) is 7.01. The highest BCUT2D eigenvalue weighted by Crippen LogP contribution is 2.49. The van der Waals surface area contributed by atoms with Crippen LogP contribution in [0.15, 0.2) is 6.20 Å². The zero-order chi connectivity index (χ0) is 10.3. The largest absolute Gasteiger partial charge is 0.481 e. The third-order valence-electron chi connectivity index (χ3n) is 2.32. The van der Waals surface area contributed by atoms with Crippen molar-refractivity contribution in [1.82, 2.24) is 10.2 Å². The molecule has 1 aliphatic carbocycles. The molecule has 0 aliphatic heterocycles. The van der Waals surface area contributed by atoms with Gasteiger partial charge in [-0.15, -0.1) is 0 Å². The Labute approximate surface area is 77.9 Å². The summed E-state index contributed by atoms with van der Waals surface area (Å²) < 4.78 is 0. The Bertz CT molecular complexity index is 399. The molecule has 2 atom stereocenters. The quantitative estimate of drug-likeness (QED) is 0.541. The summed E-state index contributed by atoms with van der Waals surface area (Å²) in [6.45, 7) is 0. The van der Waals surface area contributed by atoms with Gasteiger partial charge in [0, 0.05) is 5.92 Å². The first kappa shape index (κ1) is 8.67. The van der Waals surface area contributed by atoms with Gasteiger partial charge in [-0.05, 0) is 6.42 Å². The van der Waals surface area contributed by atoms with Crippen molar-refractivity contribution in [2.24, 2.45) is 5.92 Å². The number of nitro groups is 1. The normalized spacial score (nSPS) is 24.6. The molecule has 1 fully saturated rings. The van der Waals surface area contributed by atoms with Gasteiger partial charge < -0.3 is 5.11 Å². The number of carboxylic acids is 1. The Morgan fingerprint density at radius 2 is 2.50 bits per heavy atom. The highest BCUT2D eigenvalue weighted by atomic mass is 16.6. The number of hydrogen-bond acceptors (Lipinski definition) is 4. The van der Waals surface area contributed by atoms with Crippen molar-refractivity contribution in [2.75, 3.05) is 0 Å². The van der Waals surface area contributed by atoms with Gasteiger partial charge in [-0.2, -0.15) is 5.10 Å². The second-order valence-electron chi connectivity index (χ2n) is 3.21. The summed E-state index contributed by atoms with van der Waals surface area (Å²) in [4.78, 5) is 20.5. The van der Waals surface area contributed by atoms with Crippen molar-refractivity contribution in [1.29, 1.82) is 0 Å². The minimum absolute atomic E-state index is 0.126. The number of carbonyl (C=O) groups is 1. The van der Waals surface area contributed by atoms with E-state index in [0.717, 1.165) is 6.20 Å². The average molecular weight is 197 g/mol. The van der Waals surface area contributed by atoms with Crippen molar-refractivity contribution < 1.29 is 14.8 Å². The molecule has 7 heteroatoms. The minimum Gasteiger partial charge on any atom is -0.481 e. The first-order chi connectivity index (χ1) is 6.61. The molecule has 14 heavy (non-hydrogen) atoms. The average Bonchev–Trinajstić information content (AvgIpc) is 2.75. The molecule has 0 spiro atoms. The van der Waals surface area contributed by atoms with Gasteiger partial charge in [0.15, 0.2) is 0 Å². The molecular weight excluding hydrogens is 190 g/mol. The maximum absolute atomic E-state index is 10.5. The lowest BCUT2D eigenvalue weighted by Gasteiger charge is -1.92. The lowest BCUT2D eigenvalue weighted by atomic mass is 10.2. The molecule has 0 aromatic carbocycles. The summed E-state index contributed by atoms with van der Waals surface area (Å²) in [5.41, 5.74) is 0.196. The molecule has 0 amide bonds. The van der Waals surface area contributed by atoms with E-state index in [1.165, 1.54) is 0 Å². The second-order valence-corrected chi connectivity index (χ2v) is 3.21. The number of carboxylic acid groups (broad SMARTS) is 1. The van der Waals surface area contributed by atoms with Gasteiger partial charge in [-0.3, -0.25) is 20.0 Å². The van der Waals surface area contributed by atoms with Gasteiger partial charge in [0.05, 0.1) is 10.8 Å². The van der Waals surface area contributed by atoms with Crippen molar-refractivity contribution in [3.8, 4) is 0 Å². The molecule has 2 rings (SSSR count). The fourth-order valence-electron chi connectivity index (χ4n) is 1.50. The van der Waals surface area contributed by atoms with Crippen LogP contribution in [0.25, 0.3) is 0 Å². The lowest BCUT2D eigenvalue weighted by Crippen LogP contribution is -2.00. The van der Waals surface area contributed by atoms with Crippen LogP contribution < -0.4 is 0 Å². The van der Waals surface area contributed by atoms with Crippen LogP contribution in [0.2, 0.25) is 0 Å². The third-order valence-corrected chi connectivity index (χ3v) is 2.32. The van der Waals surface area contributed by atoms with Crippen molar-refractivity contribution in [3.05, 3.63) is 22.0 Å². The highest BCUT2D eigenvalue weighted by molar-refractivity contribution is 5.75. The molecule has 1 aromatic heterocycles. The third kappa shape index (κ3) is 1.22. The Morgan fingerprint density at radius 1 is 1.79 bits per heavy atom. The SMILES string of the molecule is O=C(O)C1CC1c1[nH]ncc1[N+](=O)[O-]. The van der Waals surface area contributed by atoms with E-state index in [4.69, 9.17) is 5.11 Å². The molecule has 0 saturated heterocycles. The molecule has 74 valence electrons. The molecule has 2 unspecified atom stereocenters. The van der Waals surface area contributed by atoms with Crippen molar-refractivity contribution in [3.63, 3.8) is 0 Å². The lowest BCUT2D eigenvalue weighted by molar-refractivity contribution is -0.385. The van der Waals surface area contributed by atoms with Crippen LogP contribution in [0, 0.1) is 16.0 Å². The number of nitrogens with one attached hydrogen (secondary N) is 1.